The third kappa shape index (κ3) is 3.21. The molecule has 1 heterocycles. The molecule has 2 aromatic carbocycles. The zero-order chi connectivity index (χ0) is 17.3. The lowest BCUT2D eigenvalue weighted by Crippen LogP contribution is -2.32. The lowest BCUT2D eigenvalue weighted by Gasteiger charge is -2.19. The van der Waals surface area contributed by atoms with Crippen LogP contribution < -0.4 is 20.5 Å². The number of carbonyl (C=O) groups is 1. The molecule has 24 heavy (non-hydrogen) atoms. The van der Waals surface area contributed by atoms with E-state index < -0.39 is 6.04 Å². The number of anilines is 1. The van der Waals surface area contributed by atoms with Gasteiger partial charge in [0.15, 0.2) is 0 Å². The maximum atomic E-state index is 11.6. The van der Waals surface area contributed by atoms with Crippen LogP contribution in [0.15, 0.2) is 42.5 Å². The quantitative estimate of drug-likeness (QED) is 0.903. The van der Waals surface area contributed by atoms with Gasteiger partial charge in [-0.15, -0.1) is 0 Å². The molecule has 1 unspecified atom stereocenters. The van der Waals surface area contributed by atoms with Crippen molar-refractivity contribution < 1.29 is 14.3 Å². The van der Waals surface area contributed by atoms with E-state index in [9.17, 15) is 4.79 Å². The number of nitrogens with two attached hydrogens (primary N) is 1. The lowest BCUT2D eigenvalue weighted by atomic mass is 9.86. The first kappa shape index (κ1) is 16.3. The van der Waals surface area contributed by atoms with Gasteiger partial charge in [-0.05, 0) is 43.3 Å². The highest BCUT2D eigenvalue weighted by atomic mass is 16.5. The van der Waals surface area contributed by atoms with Gasteiger partial charge in [0.05, 0.1) is 12.6 Å². The summed E-state index contributed by atoms with van der Waals surface area (Å²) in [6, 6.07) is 12.5. The first-order valence-corrected chi connectivity index (χ1v) is 7.97. The highest BCUT2D eigenvalue weighted by molar-refractivity contribution is 5.94. The second kappa shape index (κ2) is 6.17. The van der Waals surface area contributed by atoms with Crippen LogP contribution in [0.4, 0.5) is 5.69 Å². The fourth-order valence-electron chi connectivity index (χ4n) is 2.70. The minimum absolute atomic E-state index is 0.0862. The summed E-state index contributed by atoms with van der Waals surface area (Å²) in [5.41, 5.74) is 7.23. The Morgan fingerprint density at radius 1 is 1.25 bits per heavy atom. The molecule has 0 radical (unpaired) electrons. The molecule has 0 fully saturated rings. The van der Waals surface area contributed by atoms with Gasteiger partial charge < -0.3 is 20.5 Å². The third-order valence-corrected chi connectivity index (χ3v) is 4.02. The molecule has 0 bridgehead atoms. The van der Waals surface area contributed by atoms with Crippen molar-refractivity contribution in [2.75, 3.05) is 11.9 Å². The van der Waals surface area contributed by atoms with Gasteiger partial charge in [-0.25, -0.2) is 0 Å². The molecule has 5 heteroatoms. The van der Waals surface area contributed by atoms with Gasteiger partial charge in [0, 0.05) is 16.7 Å². The van der Waals surface area contributed by atoms with E-state index in [2.05, 4.69) is 19.2 Å². The number of nitrogens with one attached hydrogen (secondary N) is 1. The van der Waals surface area contributed by atoms with E-state index in [0.29, 0.717) is 18.0 Å². The van der Waals surface area contributed by atoms with Gasteiger partial charge in [-0.1, -0.05) is 19.9 Å². The third-order valence-electron chi connectivity index (χ3n) is 4.02. The maximum absolute atomic E-state index is 11.6. The van der Waals surface area contributed by atoms with Crippen molar-refractivity contribution in [1.29, 1.82) is 0 Å². The van der Waals surface area contributed by atoms with E-state index in [0.717, 1.165) is 17.1 Å². The highest BCUT2D eigenvalue weighted by Crippen LogP contribution is 2.45. The molecule has 1 aliphatic heterocycles. The monoisotopic (exact) mass is 326 g/mol. The molecule has 3 N–H and O–H groups in total. The summed E-state index contributed by atoms with van der Waals surface area (Å²) in [5.74, 6) is 2.15. The summed E-state index contributed by atoms with van der Waals surface area (Å²) < 4.78 is 11.8. The fraction of sp³-hybridized carbons (Fsp3) is 0.316. The first-order chi connectivity index (χ1) is 11.4. The van der Waals surface area contributed by atoms with Gasteiger partial charge in [0.25, 0.3) is 0 Å². The molecule has 1 amide bonds. The summed E-state index contributed by atoms with van der Waals surface area (Å²) in [6.45, 7) is 6.56. The predicted octanol–water partition coefficient (Wildman–Crippen LogP) is 3.43. The van der Waals surface area contributed by atoms with Crippen molar-refractivity contribution in [3.8, 4) is 17.2 Å². The number of hydrogen-bond acceptors (Lipinski definition) is 4. The van der Waals surface area contributed by atoms with Crippen LogP contribution in [0.5, 0.6) is 17.2 Å². The molecule has 3 rings (SSSR count). The number of carbonyl (C=O) groups excluding carboxylic acids is 1. The van der Waals surface area contributed by atoms with Crippen molar-refractivity contribution in [3.05, 3.63) is 48.0 Å². The molecule has 1 atom stereocenters. The maximum Gasteiger partial charge on any atom is 0.240 e. The molecule has 0 spiro atoms. The standard InChI is InChI=1S/C19H22N2O3/c1-12(20)18(22)21-13-7-9-14(10-8-13)24-16-6-4-5-15-17(16)19(2,3)11-23-15/h4-10,12H,11,20H2,1-3H3,(H,21,22). The predicted molar refractivity (Wildman–Crippen MR) is 93.8 cm³/mol. The number of ether oxygens (including phenoxy) is 2. The Morgan fingerprint density at radius 2 is 1.96 bits per heavy atom. The van der Waals surface area contributed by atoms with Gasteiger partial charge >= 0.3 is 0 Å². The number of amides is 1. The zero-order valence-electron chi connectivity index (χ0n) is 14.1. The van der Waals surface area contributed by atoms with Crippen molar-refractivity contribution in [1.82, 2.24) is 0 Å². The summed E-state index contributed by atoms with van der Waals surface area (Å²) in [4.78, 5) is 11.6. The van der Waals surface area contributed by atoms with E-state index in [1.807, 2.05) is 30.3 Å². The SMILES string of the molecule is CC(N)C(=O)Nc1ccc(Oc2cccc3c2C(C)(C)CO3)cc1. The molecule has 0 saturated heterocycles. The van der Waals surface area contributed by atoms with Crippen molar-refractivity contribution in [3.63, 3.8) is 0 Å². The molecule has 1 aliphatic rings. The number of benzene rings is 2. The topological polar surface area (TPSA) is 73.6 Å². The summed E-state index contributed by atoms with van der Waals surface area (Å²) in [7, 11) is 0. The normalized spacial score (nSPS) is 16.0. The van der Waals surface area contributed by atoms with Crippen LogP contribution in [-0.4, -0.2) is 18.6 Å². The van der Waals surface area contributed by atoms with Crippen LogP contribution in [0.2, 0.25) is 0 Å². The molecular formula is C19H22N2O3. The molecule has 126 valence electrons. The first-order valence-electron chi connectivity index (χ1n) is 7.97. The second-order valence-electron chi connectivity index (χ2n) is 6.71. The van der Waals surface area contributed by atoms with Gasteiger partial charge in [-0.3, -0.25) is 4.79 Å². The minimum atomic E-state index is -0.546. The Labute approximate surface area is 141 Å². The summed E-state index contributed by atoms with van der Waals surface area (Å²) in [5, 5.41) is 2.75. The molecule has 0 aromatic heterocycles. The Kier molecular flexibility index (Phi) is 4.20. The summed E-state index contributed by atoms with van der Waals surface area (Å²) in [6.07, 6.45) is 0. The van der Waals surface area contributed by atoms with Gasteiger partial charge in [-0.2, -0.15) is 0 Å². The number of fused-ring (bicyclic) bond motifs is 1. The molecule has 5 nitrogen and oxygen atoms in total. The Hall–Kier alpha value is -2.53. The van der Waals surface area contributed by atoms with Crippen molar-refractivity contribution in [2.24, 2.45) is 5.73 Å². The van der Waals surface area contributed by atoms with Crippen LogP contribution in [0.1, 0.15) is 26.3 Å². The van der Waals surface area contributed by atoms with Crippen LogP contribution >= 0.6 is 0 Å². The second-order valence-corrected chi connectivity index (χ2v) is 6.71. The molecule has 0 saturated carbocycles. The number of rotatable bonds is 4. The molecule has 0 aliphatic carbocycles. The van der Waals surface area contributed by atoms with Gasteiger partial charge in [0.2, 0.25) is 5.91 Å². The van der Waals surface area contributed by atoms with Crippen molar-refractivity contribution >= 4 is 11.6 Å². The van der Waals surface area contributed by atoms with Gasteiger partial charge in [0.1, 0.15) is 17.2 Å². The number of hydrogen-bond donors (Lipinski definition) is 2. The minimum Gasteiger partial charge on any atom is -0.492 e. The highest BCUT2D eigenvalue weighted by Gasteiger charge is 2.35. The van der Waals surface area contributed by atoms with Crippen LogP contribution in [0.3, 0.4) is 0 Å². The Morgan fingerprint density at radius 3 is 2.62 bits per heavy atom. The van der Waals surface area contributed by atoms with E-state index in [-0.39, 0.29) is 11.3 Å². The van der Waals surface area contributed by atoms with Crippen LogP contribution in [0.25, 0.3) is 0 Å². The van der Waals surface area contributed by atoms with E-state index in [1.54, 1.807) is 19.1 Å². The Bertz CT molecular complexity index is 752. The fourth-order valence-corrected chi connectivity index (χ4v) is 2.70. The Balaban J connectivity index is 1.79. The van der Waals surface area contributed by atoms with E-state index >= 15 is 0 Å². The summed E-state index contributed by atoms with van der Waals surface area (Å²) >= 11 is 0. The van der Waals surface area contributed by atoms with Crippen molar-refractivity contribution in [2.45, 2.75) is 32.2 Å². The van der Waals surface area contributed by atoms with E-state index in [1.165, 1.54) is 0 Å². The average molecular weight is 326 g/mol. The molecular weight excluding hydrogens is 304 g/mol. The average Bonchev–Trinajstić information content (AvgIpc) is 2.85. The lowest BCUT2D eigenvalue weighted by molar-refractivity contribution is -0.117. The largest absolute Gasteiger partial charge is 0.492 e. The zero-order valence-corrected chi connectivity index (χ0v) is 14.1. The van der Waals surface area contributed by atoms with E-state index in [4.69, 9.17) is 15.2 Å². The molecule has 2 aromatic rings. The van der Waals surface area contributed by atoms with Crippen LogP contribution in [-0.2, 0) is 10.2 Å². The van der Waals surface area contributed by atoms with Crippen LogP contribution in [0, 0.1) is 0 Å². The smallest absolute Gasteiger partial charge is 0.240 e.